The summed E-state index contributed by atoms with van der Waals surface area (Å²) in [7, 11) is 0. The average molecular weight is 255 g/mol. The van der Waals surface area contributed by atoms with Crippen molar-refractivity contribution in [1.29, 1.82) is 0 Å². The number of rotatable bonds is 8. The van der Waals surface area contributed by atoms with E-state index >= 15 is 0 Å². The van der Waals surface area contributed by atoms with Gasteiger partial charge in [-0.15, -0.1) is 0 Å². The van der Waals surface area contributed by atoms with Gasteiger partial charge in [0.15, 0.2) is 0 Å². The summed E-state index contributed by atoms with van der Waals surface area (Å²) in [5.74, 6) is -1.34. The number of aromatic carboxylic acids is 1. The van der Waals surface area contributed by atoms with Crippen LogP contribution in [0, 0.1) is 0 Å². The number of carbonyl (C=O) groups excluding carboxylic acids is 1. The summed E-state index contributed by atoms with van der Waals surface area (Å²) < 4.78 is 9.63. The maximum Gasteiger partial charge on any atom is 0.372 e. The fourth-order valence-corrected chi connectivity index (χ4v) is 1.48. The molecule has 0 bridgehead atoms. The predicted molar refractivity (Wildman–Crippen MR) is 63.2 cm³/mol. The van der Waals surface area contributed by atoms with E-state index in [1.807, 2.05) is 0 Å². The third-order valence-corrected chi connectivity index (χ3v) is 2.30. The van der Waals surface area contributed by atoms with Crippen molar-refractivity contribution >= 4 is 11.9 Å². The van der Waals surface area contributed by atoms with Gasteiger partial charge in [0.1, 0.15) is 0 Å². The summed E-state index contributed by atoms with van der Waals surface area (Å²) in [6.07, 6.45) is 2.36. The van der Waals surface area contributed by atoms with Crippen molar-refractivity contribution in [2.75, 3.05) is 13.2 Å². The van der Waals surface area contributed by atoms with E-state index in [0.29, 0.717) is 38.1 Å². The van der Waals surface area contributed by atoms with Crippen LogP contribution in [0.1, 0.15) is 35.9 Å². The Balaban J connectivity index is 2.20. The van der Waals surface area contributed by atoms with Crippen molar-refractivity contribution in [1.82, 2.24) is 5.32 Å². The highest BCUT2D eigenvalue weighted by Gasteiger charge is 2.12. The number of carboxylic acid groups (broad SMARTS) is 1. The lowest BCUT2D eigenvalue weighted by Gasteiger charge is -2.04. The van der Waals surface area contributed by atoms with E-state index in [1.54, 1.807) is 13.0 Å². The highest BCUT2D eigenvalue weighted by Crippen LogP contribution is 2.09. The Morgan fingerprint density at radius 3 is 2.94 bits per heavy atom. The highest BCUT2D eigenvalue weighted by molar-refractivity contribution is 5.86. The van der Waals surface area contributed by atoms with Crippen LogP contribution >= 0.6 is 0 Å². The van der Waals surface area contributed by atoms with Gasteiger partial charge in [-0.25, -0.2) is 4.79 Å². The minimum Gasteiger partial charge on any atom is -0.475 e. The zero-order valence-electron chi connectivity index (χ0n) is 10.3. The summed E-state index contributed by atoms with van der Waals surface area (Å²) in [5, 5.41) is 11.9. The zero-order chi connectivity index (χ0) is 13.4. The van der Waals surface area contributed by atoms with Crippen LogP contribution in [-0.2, 0) is 16.1 Å². The lowest BCUT2D eigenvalue weighted by molar-refractivity contribution is -0.143. The van der Waals surface area contributed by atoms with E-state index in [1.165, 1.54) is 6.26 Å². The maximum atomic E-state index is 11.0. The van der Waals surface area contributed by atoms with Crippen molar-refractivity contribution < 1.29 is 23.8 Å². The molecule has 0 saturated heterocycles. The van der Waals surface area contributed by atoms with Crippen LogP contribution in [0.2, 0.25) is 0 Å². The van der Waals surface area contributed by atoms with Gasteiger partial charge in [0.2, 0.25) is 5.76 Å². The number of esters is 1. The quantitative estimate of drug-likeness (QED) is 0.539. The monoisotopic (exact) mass is 255 g/mol. The van der Waals surface area contributed by atoms with Gasteiger partial charge in [-0.2, -0.15) is 0 Å². The number of ether oxygens (including phenoxy) is 1. The van der Waals surface area contributed by atoms with E-state index in [4.69, 9.17) is 14.3 Å². The highest BCUT2D eigenvalue weighted by atomic mass is 16.5. The molecule has 1 rings (SSSR count). The molecule has 1 aromatic rings. The van der Waals surface area contributed by atoms with Gasteiger partial charge in [0.05, 0.1) is 12.9 Å². The molecule has 6 heteroatoms. The standard InChI is InChI=1S/C12H17NO5/c1-2-17-10(14)4-3-6-13-8-9-5-7-18-11(9)12(15)16/h5,7,13H,2-4,6,8H2,1H3,(H,15,16). The number of hydrogen-bond acceptors (Lipinski definition) is 5. The zero-order valence-corrected chi connectivity index (χ0v) is 10.3. The third kappa shape index (κ3) is 4.58. The first-order valence-electron chi connectivity index (χ1n) is 5.81. The Kier molecular flexibility index (Phi) is 5.93. The molecule has 0 aliphatic heterocycles. The fourth-order valence-electron chi connectivity index (χ4n) is 1.48. The Bertz CT molecular complexity index is 399. The van der Waals surface area contributed by atoms with Crippen LogP contribution in [0.25, 0.3) is 0 Å². The summed E-state index contributed by atoms with van der Waals surface area (Å²) in [6, 6.07) is 1.61. The molecule has 1 heterocycles. The van der Waals surface area contributed by atoms with E-state index < -0.39 is 5.97 Å². The molecule has 0 aliphatic carbocycles. The lowest BCUT2D eigenvalue weighted by Crippen LogP contribution is -2.17. The molecule has 0 spiro atoms. The maximum absolute atomic E-state index is 11.0. The molecular weight excluding hydrogens is 238 g/mol. The average Bonchev–Trinajstić information content (AvgIpc) is 2.77. The summed E-state index contributed by atoms with van der Waals surface area (Å²) in [6.45, 7) is 3.18. The van der Waals surface area contributed by atoms with E-state index in [9.17, 15) is 9.59 Å². The Hall–Kier alpha value is -1.82. The molecule has 0 radical (unpaired) electrons. The van der Waals surface area contributed by atoms with Crippen LogP contribution in [0.3, 0.4) is 0 Å². The van der Waals surface area contributed by atoms with Gasteiger partial charge in [-0.1, -0.05) is 0 Å². The van der Waals surface area contributed by atoms with Crippen LogP contribution in [0.4, 0.5) is 0 Å². The molecule has 1 aromatic heterocycles. The molecule has 0 aliphatic rings. The summed E-state index contributed by atoms with van der Waals surface area (Å²) in [5.41, 5.74) is 0.596. The number of furan rings is 1. The first-order chi connectivity index (χ1) is 8.65. The van der Waals surface area contributed by atoms with Gasteiger partial charge in [-0.05, 0) is 26.0 Å². The SMILES string of the molecule is CCOC(=O)CCCNCc1ccoc1C(=O)O. The fraction of sp³-hybridized carbons (Fsp3) is 0.500. The number of carboxylic acids is 1. The molecule has 0 amide bonds. The number of nitrogens with one attached hydrogen (secondary N) is 1. The van der Waals surface area contributed by atoms with Gasteiger partial charge >= 0.3 is 11.9 Å². The predicted octanol–water partition coefficient (Wildman–Crippen LogP) is 1.41. The number of hydrogen-bond donors (Lipinski definition) is 2. The van der Waals surface area contributed by atoms with Gasteiger partial charge in [0, 0.05) is 18.5 Å². The molecule has 18 heavy (non-hydrogen) atoms. The molecule has 100 valence electrons. The summed E-state index contributed by atoms with van der Waals surface area (Å²) >= 11 is 0. The normalized spacial score (nSPS) is 10.3. The Morgan fingerprint density at radius 1 is 1.50 bits per heavy atom. The Labute approximate surface area is 105 Å². The van der Waals surface area contributed by atoms with Gasteiger partial charge in [0.25, 0.3) is 0 Å². The first-order valence-corrected chi connectivity index (χ1v) is 5.81. The second-order valence-electron chi connectivity index (χ2n) is 3.67. The minimum atomic E-state index is -1.08. The second kappa shape index (κ2) is 7.50. The van der Waals surface area contributed by atoms with Crippen molar-refractivity contribution in [2.45, 2.75) is 26.3 Å². The molecule has 0 aromatic carbocycles. The molecular formula is C12H17NO5. The molecule has 2 N–H and O–H groups in total. The second-order valence-corrected chi connectivity index (χ2v) is 3.67. The summed E-state index contributed by atoms with van der Waals surface area (Å²) in [4.78, 5) is 21.8. The van der Waals surface area contributed by atoms with Crippen molar-refractivity contribution in [3.8, 4) is 0 Å². The van der Waals surface area contributed by atoms with Crippen LogP contribution in [0.5, 0.6) is 0 Å². The molecule has 0 saturated carbocycles. The smallest absolute Gasteiger partial charge is 0.372 e. The largest absolute Gasteiger partial charge is 0.475 e. The van der Waals surface area contributed by atoms with Crippen molar-refractivity contribution in [3.05, 3.63) is 23.7 Å². The molecule has 0 fully saturated rings. The Morgan fingerprint density at radius 2 is 2.28 bits per heavy atom. The first kappa shape index (κ1) is 14.2. The van der Waals surface area contributed by atoms with Crippen LogP contribution in [-0.4, -0.2) is 30.2 Å². The van der Waals surface area contributed by atoms with E-state index in [0.717, 1.165) is 0 Å². The lowest BCUT2D eigenvalue weighted by atomic mass is 10.2. The molecule has 0 atom stereocenters. The van der Waals surface area contributed by atoms with Crippen molar-refractivity contribution in [2.24, 2.45) is 0 Å². The molecule has 0 unspecified atom stereocenters. The topological polar surface area (TPSA) is 88.8 Å². The van der Waals surface area contributed by atoms with E-state index in [-0.39, 0.29) is 11.7 Å². The molecule has 6 nitrogen and oxygen atoms in total. The van der Waals surface area contributed by atoms with Gasteiger partial charge < -0.3 is 19.6 Å². The minimum absolute atomic E-state index is 0.0482. The third-order valence-electron chi connectivity index (χ3n) is 2.30. The number of carbonyl (C=O) groups is 2. The van der Waals surface area contributed by atoms with Crippen LogP contribution in [0.15, 0.2) is 16.7 Å². The van der Waals surface area contributed by atoms with Gasteiger partial charge in [-0.3, -0.25) is 4.79 Å². The van der Waals surface area contributed by atoms with E-state index in [2.05, 4.69) is 5.32 Å². The van der Waals surface area contributed by atoms with Crippen molar-refractivity contribution in [3.63, 3.8) is 0 Å². The van der Waals surface area contributed by atoms with Crippen LogP contribution < -0.4 is 5.32 Å².